The van der Waals surface area contributed by atoms with Crippen LogP contribution in [0.15, 0.2) is 180 Å². The maximum absolute atomic E-state index is 6.41. The largest absolute Gasteiger partial charge is 0.455 e. The summed E-state index contributed by atoms with van der Waals surface area (Å²) in [6.07, 6.45) is 0. The molecule has 0 aliphatic carbocycles. The first kappa shape index (κ1) is 27.9. The van der Waals surface area contributed by atoms with Gasteiger partial charge in [0.05, 0.1) is 5.69 Å². The SMILES string of the molecule is c1cc(-c2ccc3ccccc3c2)cc(N(c2ccc(-c3cccc4c3oc3ccccc34)cc2)c2cccc3sc4ccccc4c23)c1. The van der Waals surface area contributed by atoms with Crippen LogP contribution in [0.2, 0.25) is 0 Å². The van der Waals surface area contributed by atoms with Gasteiger partial charge < -0.3 is 9.32 Å². The van der Waals surface area contributed by atoms with E-state index in [9.17, 15) is 0 Å². The van der Waals surface area contributed by atoms with Crippen molar-refractivity contribution in [3.05, 3.63) is 176 Å². The molecule has 0 aliphatic heterocycles. The van der Waals surface area contributed by atoms with Gasteiger partial charge in [0.1, 0.15) is 11.2 Å². The van der Waals surface area contributed by atoms with Crippen molar-refractivity contribution in [3.8, 4) is 22.3 Å². The number of hydrogen-bond acceptors (Lipinski definition) is 3. The third kappa shape index (κ3) is 4.62. The van der Waals surface area contributed by atoms with E-state index in [1.54, 1.807) is 0 Å². The third-order valence-corrected chi connectivity index (χ3v) is 10.8. The van der Waals surface area contributed by atoms with Gasteiger partial charge in [-0.25, -0.2) is 0 Å². The molecule has 230 valence electrons. The van der Waals surface area contributed by atoms with E-state index in [0.29, 0.717) is 0 Å². The maximum Gasteiger partial charge on any atom is 0.143 e. The normalized spacial score (nSPS) is 11.7. The van der Waals surface area contributed by atoms with Gasteiger partial charge in [-0.3, -0.25) is 0 Å². The Hall–Kier alpha value is -6.16. The van der Waals surface area contributed by atoms with Crippen LogP contribution in [-0.2, 0) is 0 Å². The highest BCUT2D eigenvalue weighted by Crippen LogP contribution is 2.46. The summed E-state index contributed by atoms with van der Waals surface area (Å²) in [5, 5.41) is 7.33. The zero-order valence-electron chi connectivity index (χ0n) is 26.5. The lowest BCUT2D eigenvalue weighted by Gasteiger charge is -2.27. The number of thiophene rings is 1. The third-order valence-electron chi connectivity index (χ3n) is 9.65. The molecule has 0 amide bonds. The Balaban J connectivity index is 1.15. The Morgan fingerprint density at radius 1 is 0.429 bits per heavy atom. The monoisotopic (exact) mass is 643 g/mol. The second-order valence-electron chi connectivity index (χ2n) is 12.5. The van der Waals surface area contributed by atoms with E-state index in [1.165, 1.54) is 42.1 Å². The summed E-state index contributed by atoms with van der Waals surface area (Å²) in [6, 6.07) is 63.3. The van der Waals surface area contributed by atoms with E-state index in [-0.39, 0.29) is 0 Å². The van der Waals surface area contributed by atoms with Crippen LogP contribution in [0, 0.1) is 0 Å². The topological polar surface area (TPSA) is 16.4 Å². The number of nitrogens with zero attached hydrogens (tertiary/aromatic N) is 1. The molecule has 49 heavy (non-hydrogen) atoms. The van der Waals surface area contributed by atoms with Crippen LogP contribution in [0.3, 0.4) is 0 Å². The Bertz CT molecular complexity index is 2840. The van der Waals surface area contributed by atoms with Gasteiger partial charge in [0.25, 0.3) is 0 Å². The van der Waals surface area contributed by atoms with Crippen LogP contribution in [0.4, 0.5) is 17.1 Å². The zero-order chi connectivity index (χ0) is 32.3. The Labute approximate surface area is 287 Å². The van der Waals surface area contributed by atoms with Crippen LogP contribution in [0.5, 0.6) is 0 Å². The van der Waals surface area contributed by atoms with Gasteiger partial charge in [-0.1, -0.05) is 121 Å². The average molecular weight is 644 g/mol. The van der Waals surface area contributed by atoms with Gasteiger partial charge in [0.2, 0.25) is 0 Å². The highest BCUT2D eigenvalue weighted by molar-refractivity contribution is 7.26. The lowest BCUT2D eigenvalue weighted by atomic mass is 9.99. The molecule has 0 unspecified atom stereocenters. The van der Waals surface area contributed by atoms with Gasteiger partial charge in [-0.05, 0) is 82.1 Å². The first-order chi connectivity index (χ1) is 24.3. The van der Waals surface area contributed by atoms with Crippen molar-refractivity contribution in [1.29, 1.82) is 0 Å². The van der Waals surface area contributed by atoms with E-state index in [2.05, 4.69) is 169 Å². The second-order valence-corrected chi connectivity index (χ2v) is 13.6. The molecule has 2 aromatic heterocycles. The summed E-state index contributed by atoms with van der Waals surface area (Å²) in [7, 11) is 0. The highest BCUT2D eigenvalue weighted by atomic mass is 32.1. The molecule has 10 aromatic rings. The molecule has 3 heteroatoms. The fraction of sp³-hybridized carbons (Fsp3) is 0. The Morgan fingerprint density at radius 3 is 2.04 bits per heavy atom. The summed E-state index contributed by atoms with van der Waals surface area (Å²) in [5.41, 5.74) is 9.81. The van der Waals surface area contributed by atoms with Crippen molar-refractivity contribution in [2.24, 2.45) is 0 Å². The maximum atomic E-state index is 6.41. The lowest BCUT2D eigenvalue weighted by Crippen LogP contribution is -2.10. The Kier molecular flexibility index (Phi) is 6.39. The number of fused-ring (bicyclic) bond motifs is 7. The molecule has 0 spiro atoms. The van der Waals surface area contributed by atoms with Gasteiger partial charge in [0.15, 0.2) is 0 Å². The van der Waals surface area contributed by atoms with E-state index in [4.69, 9.17) is 4.42 Å². The van der Waals surface area contributed by atoms with E-state index in [1.807, 2.05) is 23.5 Å². The second kappa shape index (κ2) is 11.2. The molecule has 0 saturated heterocycles. The standard InChI is InChI=1S/C46H29NOS/c1-2-11-32-28-34(23-22-30(32)10-1)33-12-7-13-36(29-33)47(41-18-9-21-44-45(41)40-15-4-6-20-43(40)49-44)35-26-24-31(25-27-35)37-16-8-17-39-38-14-3-5-19-42(38)48-46(37)39/h1-29H. The summed E-state index contributed by atoms with van der Waals surface area (Å²) < 4.78 is 8.98. The minimum Gasteiger partial charge on any atom is -0.455 e. The van der Waals surface area contributed by atoms with Crippen molar-refractivity contribution >= 4 is 81.3 Å². The van der Waals surface area contributed by atoms with Crippen LogP contribution >= 0.6 is 11.3 Å². The van der Waals surface area contributed by atoms with Crippen LogP contribution < -0.4 is 4.90 Å². The quantitative estimate of drug-likeness (QED) is 0.186. The number of rotatable bonds is 5. The minimum absolute atomic E-state index is 0.912. The van der Waals surface area contributed by atoms with Crippen molar-refractivity contribution < 1.29 is 4.42 Å². The summed E-state index contributed by atoms with van der Waals surface area (Å²) in [5.74, 6) is 0. The van der Waals surface area contributed by atoms with Crippen molar-refractivity contribution in [1.82, 2.24) is 0 Å². The van der Waals surface area contributed by atoms with Gasteiger partial charge in [-0.2, -0.15) is 0 Å². The minimum atomic E-state index is 0.912. The molecule has 0 atom stereocenters. The molecule has 0 bridgehead atoms. The fourth-order valence-corrected chi connectivity index (χ4v) is 8.45. The molecular weight excluding hydrogens is 615 g/mol. The Morgan fingerprint density at radius 2 is 1.12 bits per heavy atom. The number of anilines is 3. The smallest absolute Gasteiger partial charge is 0.143 e. The van der Waals surface area contributed by atoms with Crippen molar-refractivity contribution in [2.75, 3.05) is 4.90 Å². The molecule has 10 rings (SSSR count). The predicted octanol–water partition coefficient (Wildman–Crippen LogP) is 13.9. The molecule has 0 saturated carbocycles. The van der Waals surface area contributed by atoms with Crippen molar-refractivity contribution in [2.45, 2.75) is 0 Å². The number of benzene rings is 8. The van der Waals surface area contributed by atoms with Crippen LogP contribution in [0.25, 0.3) is 75.1 Å². The highest BCUT2D eigenvalue weighted by Gasteiger charge is 2.20. The van der Waals surface area contributed by atoms with Crippen LogP contribution in [-0.4, -0.2) is 0 Å². The molecule has 0 radical (unpaired) electrons. The number of furan rings is 1. The van der Waals surface area contributed by atoms with Gasteiger partial charge in [-0.15, -0.1) is 11.3 Å². The van der Waals surface area contributed by atoms with Crippen LogP contribution in [0.1, 0.15) is 0 Å². The molecule has 8 aromatic carbocycles. The number of para-hydroxylation sites is 2. The van der Waals surface area contributed by atoms with E-state index >= 15 is 0 Å². The lowest BCUT2D eigenvalue weighted by molar-refractivity contribution is 0.670. The van der Waals surface area contributed by atoms with Crippen molar-refractivity contribution in [3.63, 3.8) is 0 Å². The first-order valence-electron chi connectivity index (χ1n) is 16.6. The summed E-state index contributed by atoms with van der Waals surface area (Å²) in [4.78, 5) is 2.41. The average Bonchev–Trinajstić information content (AvgIpc) is 3.74. The van der Waals surface area contributed by atoms with Gasteiger partial charge >= 0.3 is 0 Å². The number of hydrogen-bond donors (Lipinski definition) is 0. The summed E-state index contributed by atoms with van der Waals surface area (Å²) >= 11 is 1.85. The molecule has 0 N–H and O–H groups in total. The van der Waals surface area contributed by atoms with E-state index in [0.717, 1.165) is 50.1 Å². The molecular formula is C46H29NOS. The van der Waals surface area contributed by atoms with E-state index < -0.39 is 0 Å². The summed E-state index contributed by atoms with van der Waals surface area (Å²) in [6.45, 7) is 0. The molecule has 2 heterocycles. The fourth-order valence-electron chi connectivity index (χ4n) is 7.33. The first-order valence-corrected chi connectivity index (χ1v) is 17.4. The molecule has 0 fully saturated rings. The van der Waals surface area contributed by atoms with Gasteiger partial charge in [0, 0.05) is 47.9 Å². The molecule has 2 nitrogen and oxygen atoms in total. The zero-order valence-corrected chi connectivity index (χ0v) is 27.3. The predicted molar refractivity (Wildman–Crippen MR) is 210 cm³/mol. The molecule has 0 aliphatic rings.